The van der Waals surface area contributed by atoms with E-state index in [-0.39, 0.29) is 11.8 Å². The van der Waals surface area contributed by atoms with Gasteiger partial charge in [-0.25, -0.2) is 0 Å². The second kappa shape index (κ2) is 8.84. The van der Waals surface area contributed by atoms with Gasteiger partial charge in [-0.2, -0.15) is 9.61 Å². The van der Waals surface area contributed by atoms with Gasteiger partial charge in [0, 0.05) is 13.0 Å². The quantitative estimate of drug-likeness (QED) is 0.397. The Labute approximate surface area is 184 Å². The highest BCUT2D eigenvalue weighted by atomic mass is 32.1. The van der Waals surface area contributed by atoms with Gasteiger partial charge in [-0.3, -0.25) is 19.4 Å². The Morgan fingerprint density at radius 2 is 1.65 bits per heavy atom. The largest absolute Gasteiger partial charge is 0.296 e. The number of piperidine rings is 1. The molecule has 0 radical (unpaired) electrons. The van der Waals surface area contributed by atoms with E-state index in [1.54, 1.807) is 35.6 Å². The molecule has 0 atom stereocenters. The number of carbonyl (C=O) groups is 2. The molecule has 0 bridgehead atoms. The van der Waals surface area contributed by atoms with Gasteiger partial charge in [-0.05, 0) is 50.9 Å². The minimum absolute atomic E-state index is 0.171. The predicted octanol–water partition coefficient (Wildman–Crippen LogP) is 3.18. The number of hydrogen-bond donors (Lipinski definition) is 0. The molecule has 2 aromatic heterocycles. The van der Waals surface area contributed by atoms with Crippen LogP contribution in [0.15, 0.2) is 24.3 Å². The number of imide groups is 1. The summed E-state index contributed by atoms with van der Waals surface area (Å²) in [5, 5.41) is 14.4. The monoisotopic (exact) mass is 438 g/mol. The molecular formula is C22H26N6O2S. The van der Waals surface area contributed by atoms with E-state index in [0.717, 1.165) is 61.1 Å². The fourth-order valence-corrected chi connectivity index (χ4v) is 5.27. The number of rotatable bonds is 8. The minimum atomic E-state index is -0.171. The van der Waals surface area contributed by atoms with Gasteiger partial charge >= 0.3 is 0 Å². The Kier molecular flexibility index (Phi) is 5.78. The molecule has 8 nitrogen and oxygen atoms in total. The molecule has 2 aliphatic heterocycles. The number of aromatic nitrogens is 4. The SMILES string of the molecule is O=C1c2ccccc2C(=O)N1CCCCCc1nn2c(CN3CCCCC3)nnc2s1. The van der Waals surface area contributed by atoms with Crippen molar-refractivity contribution in [3.05, 3.63) is 46.2 Å². The van der Waals surface area contributed by atoms with Crippen LogP contribution in [0.5, 0.6) is 0 Å². The molecule has 162 valence electrons. The fourth-order valence-electron chi connectivity index (χ4n) is 4.38. The third-order valence-corrected chi connectivity index (χ3v) is 7.02. The zero-order valence-corrected chi connectivity index (χ0v) is 18.3. The topological polar surface area (TPSA) is 83.7 Å². The number of amides is 2. The maximum absolute atomic E-state index is 12.4. The highest BCUT2D eigenvalue weighted by Gasteiger charge is 2.34. The van der Waals surface area contributed by atoms with Crippen LogP contribution in [0.25, 0.3) is 4.96 Å². The van der Waals surface area contributed by atoms with Crippen molar-refractivity contribution in [3.63, 3.8) is 0 Å². The van der Waals surface area contributed by atoms with Gasteiger partial charge in [-0.15, -0.1) is 10.2 Å². The van der Waals surface area contributed by atoms with E-state index in [2.05, 4.69) is 15.1 Å². The zero-order valence-electron chi connectivity index (χ0n) is 17.5. The molecule has 0 spiro atoms. The lowest BCUT2D eigenvalue weighted by Gasteiger charge is -2.25. The summed E-state index contributed by atoms with van der Waals surface area (Å²) in [6, 6.07) is 7.04. The predicted molar refractivity (Wildman–Crippen MR) is 117 cm³/mol. The van der Waals surface area contributed by atoms with E-state index in [0.29, 0.717) is 17.7 Å². The third-order valence-electron chi connectivity index (χ3n) is 6.06. The molecule has 1 saturated heterocycles. The van der Waals surface area contributed by atoms with Crippen LogP contribution in [-0.4, -0.2) is 61.1 Å². The van der Waals surface area contributed by atoms with Gasteiger partial charge in [-0.1, -0.05) is 36.3 Å². The highest BCUT2D eigenvalue weighted by molar-refractivity contribution is 7.16. The van der Waals surface area contributed by atoms with E-state index in [9.17, 15) is 9.59 Å². The molecule has 0 saturated carbocycles. The van der Waals surface area contributed by atoms with E-state index < -0.39 is 0 Å². The van der Waals surface area contributed by atoms with Gasteiger partial charge in [0.1, 0.15) is 5.01 Å². The zero-order chi connectivity index (χ0) is 21.2. The standard InChI is InChI=1S/C22H26N6O2S/c29-20-16-9-4-5-10-17(16)21(30)27(20)14-8-1-3-11-19-25-28-18(23-24-22(28)31-19)15-26-12-6-2-7-13-26/h4-5,9-10H,1-3,6-8,11-15H2. The minimum Gasteiger partial charge on any atom is -0.296 e. The van der Waals surface area contributed by atoms with Crippen molar-refractivity contribution in [1.29, 1.82) is 0 Å². The number of hydrogen-bond acceptors (Lipinski definition) is 7. The molecule has 0 aliphatic carbocycles. The first-order valence-electron chi connectivity index (χ1n) is 11.1. The molecule has 31 heavy (non-hydrogen) atoms. The normalized spacial score (nSPS) is 17.1. The summed E-state index contributed by atoms with van der Waals surface area (Å²) in [5.74, 6) is 0.580. The lowest BCUT2D eigenvalue weighted by molar-refractivity contribution is 0.0651. The van der Waals surface area contributed by atoms with Crippen molar-refractivity contribution in [3.8, 4) is 0 Å². The molecule has 5 rings (SSSR count). The molecule has 2 aliphatic rings. The Morgan fingerprint density at radius 3 is 2.39 bits per heavy atom. The summed E-state index contributed by atoms with van der Waals surface area (Å²) in [4.78, 5) is 29.5. The summed E-state index contributed by atoms with van der Waals surface area (Å²) in [7, 11) is 0. The van der Waals surface area contributed by atoms with Crippen molar-refractivity contribution < 1.29 is 9.59 Å². The summed E-state index contributed by atoms with van der Waals surface area (Å²) in [6.07, 6.45) is 7.41. The molecule has 1 fully saturated rings. The van der Waals surface area contributed by atoms with Crippen molar-refractivity contribution in [1.82, 2.24) is 29.6 Å². The average Bonchev–Trinajstić information content (AvgIpc) is 3.43. The fraction of sp³-hybridized carbons (Fsp3) is 0.500. The highest BCUT2D eigenvalue weighted by Crippen LogP contribution is 2.23. The summed E-state index contributed by atoms with van der Waals surface area (Å²) >= 11 is 1.60. The van der Waals surface area contributed by atoms with Crippen LogP contribution in [0.3, 0.4) is 0 Å². The molecule has 0 unspecified atom stereocenters. The van der Waals surface area contributed by atoms with Crippen LogP contribution in [-0.2, 0) is 13.0 Å². The van der Waals surface area contributed by atoms with Crippen LogP contribution < -0.4 is 0 Å². The van der Waals surface area contributed by atoms with Gasteiger partial charge in [0.2, 0.25) is 4.96 Å². The van der Waals surface area contributed by atoms with Gasteiger partial charge < -0.3 is 0 Å². The second-order valence-corrected chi connectivity index (χ2v) is 9.30. The lowest BCUT2D eigenvalue weighted by Crippen LogP contribution is -2.30. The molecule has 1 aromatic carbocycles. The molecule has 4 heterocycles. The molecule has 2 amide bonds. The molecule has 0 N–H and O–H groups in total. The number of benzene rings is 1. The Balaban J connectivity index is 1.10. The number of likely N-dealkylation sites (tertiary alicyclic amines) is 1. The summed E-state index contributed by atoms with van der Waals surface area (Å²) in [5.41, 5.74) is 1.04. The van der Waals surface area contributed by atoms with E-state index in [1.165, 1.54) is 24.2 Å². The number of nitrogens with zero attached hydrogens (tertiary/aromatic N) is 6. The first-order valence-corrected chi connectivity index (χ1v) is 11.9. The third kappa shape index (κ3) is 4.12. The first kappa shape index (κ1) is 20.3. The van der Waals surface area contributed by atoms with Crippen molar-refractivity contribution in [2.24, 2.45) is 0 Å². The van der Waals surface area contributed by atoms with Crippen LogP contribution in [0.2, 0.25) is 0 Å². The number of carbonyl (C=O) groups excluding carboxylic acids is 2. The molecule has 3 aromatic rings. The smallest absolute Gasteiger partial charge is 0.261 e. The second-order valence-electron chi connectivity index (χ2n) is 8.26. The van der Waals surface area contributed by atoms with Crippen LogP contribution in [0.4, 0.5) is 0 Å². The Morgan fingerprint density at radius 1 is 0.903 bits per heavy atom. The van der Waals surface area contributed by atoms with E-state index in [4.69, 9.17) is 5.10 Å². The maximum atomic E-state index is 12.4. The van der Waals surface area contributed by atoms with Crippen LogP contribution in [0, 0.1) is 0 Å². The number of unbranched alkanes of at least 4 members (excludes halogenated alkanes) is 2. The van der Waals surface area contributed by atoms with Gasteiger partial charge in [0.05, 0.1) is 17.7 Å². The Hall–Kier alpha value is -2.65. The van der Waals surface area contributed by atoms with E-state index in [1.807, 2.05) is 4.52 Å². The summed E-state index contributed by atoms with van der Waals surface area (Å²) < 4.78 is 1.90. The lowest BCUT2D eigenvalue weighted by atomic mass is 10.1. The summed E-state index contributed by atoms with van der Waals surface area (Å²) in [6.45, 7) is 3.53. The van der Waals surface area contributed by atoms with Crippen molar-refractivity contribution in [2.45, 2.75) is 51.5 Å². The van der Waals surface area contributed by atoms with Crippen molar-refractivity contribution in [2.75, 3.05) is 19.6 Å². The maximum Gasteiger partial charge on any atom is 0.261 e. The van der Waals surface area contributed by atoms with Crippen LogP contribution >= 0.6 is 11.3 Å². The molecular weight excluding hydrogens is 412 g/mol. The first-order chi connectivity index (χ1) is 15.2. The number of aryl methyl sites for hydroxylation is 1. The molecule has 9 heteroatoms. The van der Waals surface area contributed by atoms with Crippen molar-refractivity contribution >= 4 is 28.1 Å². The van der Waals surface area contributed by atoms with Gasteiger partial charge in [0.15, 0.2) is 5.82 Å². The van der Waals surface area contributed by atoms with E-state index >= 15 is 0 Å². The van der Waals surface area contributed by atoms with Gasteiger partial charge in [0.25, 0.3) is 11.8 Å². The number of fused-ring (bicyclic) bond motifs is 2. The Bertz CT molecular complexity index is 1070. The van der Waals surface area contributed by atoms with Crippen LogP contribution in [0.1, 0.15) is 70.1 Å². The average molecular weight is 439 g/mol.